The molecule has 0 aliphatic heterocycles. The summed E-state index contributed by atoms with van der Waals surface area (Å²) in [7, 11) is 0. The third-order valence-corrected chi connectivity index (χ3v) is 4.08. The summed E-state index contributed by atoms with van der Waals surface area (Å²) in [5.74, 6) is 1.25. The molecule has 0 bridgehead atoms. The monoisotopic (exact) mass is 354 g/mol. The molecule has 0 fully saturated rings. The molecule has 1 aromatic heterocycles. The molecule has 3 aromatic rings. The maximum absolute atomic E-state index is 12.0. The van der Waals surface area contributed by atoms with Crippen LogP contribution in [0.5, 0.6) is 11.5 Å². The number of carbonyl (C=O) groups excluding carboxylic acids is 1. The molecule has 0 unspecified atom stereocenters. The molecule has 0 saturated carbocycles. The molecular weight excluding hydrogens is 336 g/mol. The number of anilines is 1. The Hall–Kier alpha value is -2.86. The topological polar surface area (TPSA) is 60.5 Å². The van der Waals surface area contributed by atoms with E-state index in [1.165, 1.54) is 11.3 Å². The van der Waals surface area contributed by atoms with Crippen LogP contribution >= 0.6 is 11.3 Å². The van der Waals surface area contributed by atoms with Gasteiger partial charge in [0.1, 0.15) is 11.5 Å². The van der Waals surface area contributed by atoms with Gasteiger partial charge in [0.05, 0.1) is 12.3 Å². The number of benzene rings is 2. The van der Waals surface area contributed by atoms with E-state index in [0.717, 1.165) is 17.0 Å². The fourth-order valence-electron chi connectivity index (χ4n) is 2.17. The van der Waals surface area contributed by atoms with E-state index in [-0.39, 0.29) is 12.5 Å². The normalized spacial score (nSPS) is 10.3. The highest BCUT2D eigenvalue weighted by Crippen LogP contribution is 2.26. The van der Waals surface area contributed by atoms with Crippen LogP contribution in [0.25, 0.3) is 11.3 Å². The average molecular weight is 354 g/mol. The number of para-hydroxylation sites is 1. The molecule has 5 nitrogen and oxygen atoms in total. The van der Waals surface area contributed by atoms with E-state index in [2.05, 4.69) is 10.3 Å². The van der Waals surface area contributed by atoms with Crippen LogP contribution in [0.15, 0.2) is 60.0 Å². The number of thiazole rings is 1. The molecule has 0 atom stereocenters. The number of nitrogens with zero attached hydrogens (tertiary/aromatic N) is 1. The molecule has 0 aliphatic rings. The van der Waals surface area contributed by atoms with Crippen LogP contribution in [0, 0.1) is 0 Å². The minimum Gasteiger partial charge on any atom is -0.494 e. The van der Waals surface area contributed by atoms with E-state index in [1.807, 2.05) is 54.8 Å². The third kappa shape index (κ3) is 4.81. The zero-order valence-electron chi connectivity index (χ0n) is 13.8. The van der Waals surface area contributed by atoms with Crippen LogP contribution in [0.1, 0.15) is 6.92 Å². The van der Waals surface area contributed by atoms with Gasteiger partial charge in [0.25, 0.3) is 5.91 Å². The summed E-state index contributed by atoms with van der Waals surface area (Å²) < 4.78 is 10.8. The smallest absolute Gasteiger partial charge is 0.264 e. The number of rotatable bonds is 7. The molecule has 1 amide bonds. The third-order valence-electron chi connectivity index (χ3n) is 3.32. The van der Waals surface area contributed by atoms with Gasteiger partial charge in [0.2, 0.25) is 0 Å². The molecule has 6 heteroatoms. The predicted octanol–water partition coefficient (Wildman–Crippen LogP) is 4.23. The fourth-order valence-corrected chi connectivity index (χ4v) is 2.91. The van der Waals surface area contributed by atoms with Crippen LogP contribution in [0.2, 0.25) is 0 Å². The first-order valence-electron chi connectivity index (χ1n) is 7.91. The molecule has 25 heavy (non-hydrogen) atoms. The van der Waals surface area contributed by atoms with Crippen molar-refractivity contribution in [3.63, 3.8) is 0 Å². The Balaban J connectivity index is 1.56. The molecule has 128 valence electrons. The van der Waals surface area contributed by atoms with Gasteiger partial charge in [-0.15, -0.1) is 11.3 Å². The maximum atomic E-state index is 12.0. The van der Waals surface area contributed by atoms with Gasteiger partial charge < -0.3 is 9.47 Å². The van der Waals surface area contributed by atoms with Crippen molar-refractivity contribution in [2.24, 2.45) is 0 Å². The second-order valence-corrected chi connectivity index (χ2v) is 6.00. The quantitative estimate of drug-likeness (QED) is 0.690. The number of aromatic nitrogens is 1. The number of amides is 1. The van der Waals surface area contributed by atoms with Gasteiger partial charge in [-0.25, -0.2) is 4.98 Å². The van der Waals surface area contributed by atoms with Gasteiger partial charge in [-0.3, -0.25) is 10.1 Å². The number of hydrogen-bond donors (Lipinski definition) is 1. The van der Waals surface area contributed by atoms with Gasteiger partial charge in [-0.05, 0) is 43.3 Å². The number of nitrogens with one attached hydrogen (secondary N) is 1. The number of ether oxygens (including phenoxy) is 2. The summed E-state index contributed by atoms with van der Waals surface area (Å²) in [6, 6.07) is 16.9. The summed E-state index contributed by atoms with van der Waals surface area (Å²) in [6.45, 7) is 2.53. The van der Waals surface area contributed by atoms with Crippen molar-refractivity contribution in [3.05, 3.63) is 60.0 Å². The standard InChI is InChI=1S/C19H18N2O3S/c1-2-23-16-10-8-14(9-11-16)17-13-25-19(20-17)21-18(22)12-24-15-6-4-3-5-7-15/h3-11,13H,2,12H2,1H3,(H,20,21,22). The summed E-state index contributed by atoms with van der Waals surface area (Å²) in [5.41, 5.74) is 1.79. The summed E-state index contributed by atoms with van der Waals surface area (Å²) in [4.78, 5) is 16.4. The second-order valence-electron chi connectivity index (χ2n) is 5.15. The highest BCUT2D eigenvalue weighted by atomic mass is 32.1. The van der Waals surface area contributed by atoms with Crippen molar-refractivity contribution in [3.8, 4) is 22.8 Å². The zero-order chi connectivity index (χ0) is 17.5. The van der Waals surface area contributed by atoms with Gasteiger partial charge in [-0.1, -0.05) is 18.2 Å². The predicted molar refractivity (Wildman–Crippen MR) is 99.3 cm³/mol. The van der Waals surface area contributed by atoms with E-state index >= 15 is 0 Å². The lowest BCUT2D eigenvalue weighted by molar-refractivity contribution is -0.118. The van der Waals surface area contributed by atoms with Crippen molar-refractivity contribution in [1.29, 1.82) is 0 Å². The van der Waals surface area contributed by atoms with E-state index in [0.29, 0.717) is 17.5 Å². The van der Waals surface area contributed by atoms with E-state index in [4.69, 9.17) is 9.47 Å². The Morgan fingerprint density at radius 2 is 1.76 bits per heavy atom. The molecule has 0 radical (unpaired) electrons. The second kappa shape index (κ2) is 8.30. The summed E-state index contributed by atoms with van der Waals surface area (Å²) >= 11 is 1.38. The summed E-state index contributed by atoms with van der Waals surface area (Å²) in [5, 5.41) is 5.21. The van der Waals surface area contributed by atoms with Gasteiger partial charge in [0, 0.05) is 10.9 Å². The minimum absolute atomic E-state index is 0.0536. The Morgan fingerprint density at radius 1 is 1.04 bits per heavy atom. The Kier molecular flexibility index (Phi) is 5.64. The molecule has 3 rings (SSSR count). The van der Waals surface area contributed by atoms with Crippen LogP contribution < -0.4 is 14.8 Å². The SMILES string of the molecule is CCOc1ccc(-c2csc(NC(=O)COc3ccccc3)n2)cc1. The van der Waals surface area contributed by atoms with E-state index < -0.39 is 0 Å². The number of hydrogen-bond acceptors (Lipinski definition) is 5. The van der Waals surface area contributed by atoms with E-state index in [9.17, 15) is 4.79 Å². The first-order valence-corrected chi connectivity index (χ1v) is 8.79. The molecular formula is C19H18N2O3S. The molecule has 1 N–H and O–H groups in total. The van der Waals surface area contributed by atoms with Crippen molar-refractivity contribution in [1.82, 2.24) is 4.98 Å². The lowest BCUT2D eigenvalue weighted by Crippen LogP contribution is -2.19. The minimum atomic E-state index is -0.239. The Morgan fingerprint density at radius 3 is 2.48 bits per heavy atom. The zero-order valence-corrected chi connectivity index (χ0v) is 14.6. The first kappa shape index (κ1) is 17.0. The maximum Gasteiger partial charge on any atom is 0.264 e. The Bertz CT molecular complexity index is 816. The van der Waals surface area contributed by atoms with Crippen molar-refractivity contribution >= 4 is 22.4 Å². The fraction of sp³-hybridized carbons (Fsp3) is 0.158. The lowest BCUT2D eigenvalue weighted by Gasteiger charge is -2.05. The van der Waals surface area contributed by atoms with Gasteiger partial charge >= 0.3 is 0 Å². The van der Waals surface area contributed by atoms with Gasteiger partial charge in [0.15, 0.2) is 11.7 Å². The molecule has 0 aliphatic carbocycles. The van der Waals surface area contributed by atoms with Crippen molar-refractivity contribution in [2.75, 3.05) is 18.5 Å². The van der Waals surface area contributed by atoms with Crippen LogP contribution in [0.4, 0.5) is 5.13 Å². The van der Waals surface area contributed by atoms with Gasteiger partial charge in [-0.2, -0.15) is 0 Å². The molecule has 0 spiro atoms. The molecule has 0 saturated heterocycles. The van der Waals surface area contributed by atoms with Crippen LogP contribution in [-0.4, -0.2) is 24.1 Å². The average Bonchev–Trinajstić information content (AvgIpc) is 3.10. The Labute approximate surface area is 150 Å². The lowest BCUT2D eigenvalue weighted by atomic mass is 10.2. The largest absolute Gasteiger partial charge is 0.494 e. The molecule has 1 heterocycles. The number of carbonyl (C=O) groups is 1. The highest BCUT2D eigenvalue weighted by Gasteiger charge is 2.09. The summed E-state index contributed by atoms with van der Waals surface area (Å²) in [6.07, 6.45) is 0. The van der Waals surface area contributed by atoms with Crippen LogP contribution in [-0.2, 0) is 4.79 Å². The van der Waals surface area contributed by atoms with E-state index in [1.54, 1.807) is 12.1 Å². The molecule has 2 aromatic carbocycles. The first-order chi connectivity index (χ1) is 12.2. The van der Waals surface area contributed by atoms with Crippen molar-refractivity contribution in [2.45, 2.75) is 6.92 Å². The van der Waals surface area contributed by atoms with Crippen LogP contribution in [0.3, 0.4) is 0 Å². The highest BCUT2D eigenvalue weighted by molar-refractivity contribution is 7.14. The van der Waals surface area contributed by atoms with Crippen molar-refractivity contribution < 1.29 is 14.3 Å².